The van der Waals surface area contributed by atoms with Crippen LogP contribution in [0, 0.1) is 0 Å². The van der Waals surface area contributed by atoms with Gasteiger partial charge in [0.25, 0.3) is 11.8 Å². The Morgan fingerprint density at radius 3 is 0.978 bits per heavy atom. The second kappa shape index (κ2) is 29.6. The van der Waals surface area contributed by atoms with E-state index in [1.54, 1.807) is 0 Å². The van der Waals surface area contributed by atoms with Crippen molar-refractivity contribution in [3.8, 4) is 0 Å². The molecule has 0 bridgehead atoms. The van der Waals surface area contributed by atoms with E-state index in [4.69, 9.17) is 10.2 Å². The average molecular weight is 641 g/mol. The molecule has 1 saturated carbocycles. The van der Waals surface area contributed by atoms with E-state index in [0.717, 1.165) is 64.2 Å². The summed E-state index contributed by atoms with van der Waals surface area (Å²) in [5, 5.41) is 22.7. The maximum Gasteiger partial charge on any atom is 0.279 e. The predicted molar refractivity (Wildman–Crippen MR) is 181 cm³/mol. The summed E-state index contributed by atoms with van der Waals surface area (Å²) < 4.78 is 28.4. The molecule has 8 heteroatoms. The summed E-state index contributed by atoms with van der Waals surface area (Å²) in [6.07, 6.45) is 31.7. The third-order valence-corrected chi connectivity index (χ3v) is 8.73. The van der Waals surface area contributed by atoms with Gasteiger partial charge < -0.3 is 20.8 Å². The van der Waals surface area contributed by atoms with Crippen LogP contribution in [0.5, 0.6) is 0 Å². The summed E-state index contributed by atoms with van der Waals surface area (Å²) in [6, 6.07) is -0.722. The lowest BCUT2D eigenvalue weighted by Crippen LogP contribution is -2.35. The van der Waals surface area contributed by atoms with E-state index in [-0.39, 0.29) is 12.1 Å². The third kappa shape index (κ3) is 25.0. The van der Waals surface area contributed by atoms with E-state index in [2.05, 4.69) is 10.6 Å². The van der Waals surface area contributed by atoms with Crippen molar-refractivity contribution in [3.05, 3.63) is 23.8 Å². The molecule has 1 rings (SSSR count). The first-order valence-electron chi connectivity index (χ1n) is 18.5. The minimum absolute atomic E-state index is 0.301. The van der Waals surface area contributed by atoms with Crippen LogP contribution in [0.25, 0.3) is 0 Å². The molecule has 1 fully saturated rings. The highest BCUT2D eigenvalue weighted by Crippen LogP contribution is 2.23. The molecule has 4 N–H and O–H groups in total. The number of aliphatic hydroxyl groups is 2. The highest BCUT2D eigenvalue weighted by Gasteiger charge is 2.40. The number of hydrogen-bond donors (Lipinski definition) is 4. The number of nitrogens with one attached hydrogen (secondary N) is 2. The molecule has 0 aromatic rings. The van der Waals surface area contributed by atoms with Crippen molar-refractivity contribution in [3.63, 3.8) is 0 Å². The third-order valence-electron chi connectivity index (χ3n) is 8.73. The normalized spacial score (nSPS) is 16.6. The first kappa shape index (κ1) is 41.2. The Morgan fingerprint density at radius 1 is 0.467 bits per heavy atom. The number of hydrogen-bond acceptors (Lipinski definition) is 4. The van der Waals surface area contributed by atoms with Crippen molar-refractivity contribution < 1.29 is 28.6 Å². The Morgan fingerprint density at radius 2 is 0.711 bits per heavy atom. The molecule has 6 nitrogen and oxygen atoms in total. The van der Waals surface area contributed by atoms with Crippen LogP contribution in [-0.2, 0) is 9.59 Å². The molecule has 0 saturated heterocycles. The lowest BCUT2D eigenvalue weighted by Gasteiger charge is -2.05. The SMILES string of the molecule is O=C(N[C@H]1C[C@H]1NC(=O)/C(F)=C\CCCCCCCCCCCCCCO)/C(F)=C\CCCCCCCCCCCCCCO. The Balaban J connectivity index is 1.98. The lowest BCUT2D eigenvalue weighted by molar-refractivity contribution is -0.120. The number of allylic oxidation sites excluding steroid dienone is 2. The molecule has 0 aromatic carbocycles. The largest absolute Gasteiger partial charge is 0.396 e. The fraction of sp³-hybridized carbons (Fsp3) is 0.838. The van der Waals surface area contributed by atoms with Crippen LogP contribution < -0.4 is 10.6 Å². The quantitative estimate of drug-likeness (QED) is 0.0435. The molecule has 0 unspecified atom stereocenters. The van der Waals surface area contributed by atoms with Gasteiger partial charge in [0.05, 0.1) is 12.1 Å². The first-order valence-corrected chi connectivity index (χ1v) is 18.5. The number of amides is 2. The maximum absolute atomic E-state index is 14.2. The van der Waals surface area contributed by atoms with Gasteiger partial charge in [0, 0.05) is 13.2 Å². The Hall–Kier alpha value is -1.80. The van der Waals surface area contributed by atoms with Gasteiger partial charge in [-0.15, -0.1) is 0 Å². The number of carbonyl (C=O) groups is 2. The van der Waals surface area contributed by atoms with Gasteiger partial charge in [-0.1, -0.05) is 128 Å². The van der Waals surface area contributed by atoms with Crippen LogP contribution in [0.1, 0.15) is 173 Å². The molecule has 1 aliphatic carbocycles. The average Bonchev–Trinajstić information content (AvgIpc) is 3.77. The van der Waals surface area contributed by atoms with Gasteiger partial charge >= 0.3 is 0 Å². The molecule has 2 amide bonds. The molecule has 0 spiro atoms. The van der Waals surface area contributed by atoms with E-state index in [1.165, 1.54) is 102 Å². The molecule has 0 radical (unpaired) electrons. The molecule has 0 aromatic heterocycles. The van der Waals surface area contributed by atoms with Gasteiger partial charge in [-0.25, -0.2) is 8.78 Å². The summed E-state index contributed by atoms with van der Waals surface area (Å²) in [5.41, 5.74) is 0. The van der Waals surface area contributed by atoms with Crippen LogP contribution in [0.4, 0.5) is 8.78 Å². The molecular formula is C37H66F2N2O4. The van der Waals surface area contributed by atoms with Crippen LogP contribution in [0.2, 0.25) is 0 Å². The van der Waals surface area contributed by atoms with Crippen LogP contribution in [-0.4, -0.2) is 47.3 Å². The minimum Gasteiger partial charge on any atom is -0.396 e. The number of rotatable bonds is 32. The summed E-state index contributed by atoms with van der Waals surface area (Å²) in [7, 11) is 0. The number of halogens is 2. The van der Waals surface area contributed by atoms with E-state index < -0.39 is 23.5 Å². The topological polar surface area (TPSA) is 98.7 Å². The molecule has 262 valence electrons. The number of carbonyl (C=O) groups excluding carboxylic acids is 2. The molecule has 0 aliphatic heterocycles. The van der Waals surface area contributed by atoms with Crippen molar-refractivity contribution in [2.24, 2.45) is 0 Å². The molecule has 0 heterocycles. The number of aliphatic hydroxyl groups excluding tert-OH is 2. The highest BCUT2D eigenvalue weighted by molar-refractivity contribution is 5.93. The lowest BCUT2D eigenvalue weighted by atomic mass is 10.0. The van der Waals surface area contributed by atoms with Gasteiger partial charge in [-0.2, -0.15) is 0 Å². The first-order chi connectivity index (χ1) is 22.0. The van der Waals surface area contributed by atoms with E-state index in [9.17, 15) is 18.4 Å². The Labute approximate surface area is 273 Å². The second-order valence-corrected chi connectivity index (χ2v) is 13.0. The molecule has 45 heavy (non-hydrogen) atoms. The maximum atomic E-state index is 14.2. The number of unbranched alkanes of at least 4 members (excludes halogenated alkanes) is 24. The highest BCUT2D eigenvalue weighted by atomic mass is 19.1. The van der Waals surface area contributed by atoms with Gasteiger partial charge in [0.2, 0.25) is 0 Å². The standard InChI is InChI=1S/C37H66F2N2O4/c38-32(27-23-19-15-11-7-3-1-5-9-13-17-21-25-29-42)36(44)40-34-31-35(34)41-37(45)33(39)28-24-20-16-12-8-4-2-6-10-14-18-22-26-30-43/h27-28,34-35,42-43H,1-26,29-31H2,(H,40,44)(H,41,45)/b32-27+,33-28+/t34-,35+. The molecule has 1 aliphatic rings. The van der Waals surface area contributed by atoms with E-state index in [0.29, 0.717) is 32.5 Å². The van der Waals surface area contributed by atoms with Gasteiger partial charge in [0.1, 0.15) is 0 Å². The zero-order valence-corrected chi connectivity index (χ0v) is 28.3. The summed E-state index contributed by atoms with van der Waals surface area (Å²) in [5.74, 6) is -3.11. The summed E-state index contributed by atoms with van der Waals surface area (Å²) in [6.45, 7) is 0.603. The van der Waals surface area contributed by atoms with Crippen molar-refractivity contribution in [1.29, 1.82) is 0 Å². The molecular weight excluding hydrogens is 574 g/mol. The zero-order valence-electron chi connectivity index (χ0n) is 28.3. The van der Waals surface area contributed by atoms with Crippen LogP contribution in [0.3, 0.4) is 0 Å². The van der Waals surface area contributed by atoms with Gasteiger partial charge in [-0.05, 0) is 57.1 Å². The summed E-state index contributed by atoms with van der Waals surface area (Å²) in [4.78, 5) is 24.2. The molecule has 2 atom stereocenters. The fourth-order valence-electron chi connectivity index (χ4n) is 5.68. The Kier molecular flexibility index (Phi) is 27.1. The van der Waals surface area contributed by atoms with Crippen LogP contribution >= 0.6 is 0 Å². The minimum atomic E-state index is -0.789. The smallest absolute Gasteiger partial charge is 0.279 e. The van der Waals surface area contributed by atoms with Crippen molar-refractivity contribution in [1.82, 2.24) is 10.6 Å². The van der Waals surface area contributed by atoms with E-state index in [1.807, 2.05) is 0 Å². The van der Waals surface area contributed by atoms with Crippen molar-refractivity contribution >= 4 is 11.8 Å². The summed E-state index contributed by atoms with van der Waals surface area (Å²) >= 11 is 0. The van der Waals surface area contributed by atoms with Crippen molar-refractivity contribution in [2.45, 2.75) is 185 Å². The van der Waals surface area contributed by atoms with Gasteiger partial charge in [-0.3, -0.25) is 9.59 Å². The predicted octanol–water partition coefficient (Wildman–Crippen LogP) is 9.19. The van der Waals surface area contributed by atoms with E-state index >= 15 is 0 Å². The second-order valence-electron chi connectivity index (χ2n) is 13.0. The fourth-order valence-corrected chi connectivity index (χ4v) is 5.68. The van der Waals surface area contributed by atoms with Gasteiger partial charge in [0.15, 0.2) is 11.7 Å². The Bertz CT molecular complexity index is 741. The zero-order chi connectivity index (χ0) is 32.8. The van der Waals surface area contributed by atoms with Crippen LogP contribution in [0.15, 0.2) is 23.8 Å². The monoisotopic (exact) mass is 640 g/mol. The van der Waals surface area contributed by atoms with Crippen molar-refractivity contribution in [2.75, 3.05) is 13.2 Å².